The van der Waals surface area contributed by atoms with Crippen molar-refractivity contribution in [3.05, 3.63) is 58.3 Å². The van der Waals surface area contributed by atoms with Crippen LogP contribution in [0, 0.1) is 5.92 Å². The molecule has 4 rings (SSSR count). The number of esters is 1. The number of thiophene rings is 1. The summed E-state index contributed by atoms with van der Waals surface area (Å²) in [6, 6.07) is 8.04. The second-order valence-electron chi connectivity index (χ2n) is 6.95. The molecule has 8 heteroatoms. The normalized spacial score (nSPS) is 25.7. The van der Waals surface area contributed by atoms with Crippen LogP contribution in [0.4, 0.5) is 10.5 Å². The first-order valence-electron chi connectivity index (χ1n) is 9.33. The lowest BCUT2D eigenvalue weighted by Gasteiger charge is -2.18. The summed E-state index contributed by atoms with van der Waals surface area (Å²) in [5.74, 6) is -0.298. The maximum atomic E-state index is 12.4. The van der Waals surface area contributed by atoms with Crippen LogP contribution < -0.4 is 10.6 Å². The van der Waals surface area contributed by atoms with Gasteiger partial charge < -0.3 is 24.8 Å². The number of urea groups is 1. The average molecular weight is 414 g/mol. The first-order valence-corrected chi connectivity index (χ1v) is 10.3. The molecule has 3 heterocycles. The second kappa shape index (κ2) is 8.77. The van der Waals surface area contributed by atoms with Crippen LogP contribution in [-0.4, -0.2) is 50.6 Å². The van der Waals surface area contributed by atoms with Gasteiger partial charge >= 0.3 is 12.0 Å². The third-order valence-electron chi connectivity index (χ3n) is 5.03. The van der Waals surface area contributed by atoms with E-state index in [0.29, 0.717) is 24.5 Å². The Morgan fingerprint density at radius 2 is 2.07 bits per heavy atom. The predicted octanol–water partition coefficient (Wildman–Crippen LogP) is 3.15. The van der Waals surface area contributed by atoms with Crippen molar-refractivity contribution in [2.45, 2.75) is 18.2 Å². The Morgan fingerprint density at radius 3 is 2.86 bits per heavy atom. The molecule has 0 bridgehead atoms. The lowest BCUT2D eigenvalue weighted by Crippen LogP contribution is -2.45. The van der Waals surface area contributed by atoms with E-state index in [9.17, 15) is 9.59 Å². The number of benzene rings is 1. The van der Waals surface area contributed by atoms with Gasteiger partial charge in [-0.3, -0.25) is 0 Å². The highest BCUT2D eigenvalue weighted by Crippen LogP contribution is 2.32. The van der Waals surface area contributed by atoms with E-state index in [2.05, 4.69) is 34.2 Å². The highest BCUT2D eigenvalue weighted by Gasteiger charge is 2.47. The summed E-state index contributed by atoms with van der Waals surface area (Å²) >= 11 is 1.66. The minimum atomic E-state index is -0.456. The Hall–Kier alpha value is -2.68. The number of ether oxygens (including phenoxy) is 3. The first-order chi connectivity index (χ1) is 14.1. The summed E-state index contributed by atoms with van der Waals surface area (Å²) in [6.45, 7) is 0.963. The van der Waals surface area contributed by atoms with Gasteiger partial charge in [-0.1, -0.05) is 18.2 Å². The van der Waals surface area contributed by atoms with Gasteiger partial charge in [0.15, 0.2) is 0 Å². The fourth-order valence-corrected chi connectivity index (χ4v) is 4.23. The molecule has 0 radical (unpaired) electrons. The zero-order valence-electron chi connectivity index (χ0n) is 15.9. The van der Waals surface area contributed by atoms with E-state index in [-0.39, 0.29) is 30.2 Å². The summed E-state index contributed by atoms with van der Waals surface area (Å²) in [6.07, 6.45) is 3.95. The molecule has 1 aromatic heterocycles. The Balaban J connectivity index is 1.33. The van der Waals surface area contributed by atoms with Gasteiger partial charge in [-0.25, -0.2) is 9.59 Å². The molecule has 0 saturated carbocycles. The molecule has 1 aromatic carbocycles. The zero-order chi connectivity index (χ0) is 20.2. The van der Waals surface area contributed by atoms with Crippen molar-refractivity contribution in [3.63, 3.8) is 0 Å². The minimum absolute atomic E-state index is 0.0714. The molecule has 0 aliphatic carbocycles. The van der Waals surface area contributed by atoms with Crippen molar-refractivity contribution in [1.82, 2.24) is 5.32 Å². The Morgan fingerprint density at radius 1 is 1.21 bits per heavy atom. The monoisotopic (exact) mass is 414 g/mol. The van der Waals surface area contributed by atoms with Crippen molar-refractivity contribution in [1.29, 1.82) is 0 Å². The lowest BCUT2D eigenvalue weighted by molar-refractivity contribution is 0.0600. The molecule has 2 amide bonds. The number of fused-ring (bicyclic) bond motifs is 1. The summed E-state index contributed by atoms with van der Waals surface area (Å²) < 4.78 is 16.5. The molecular weight excluding hydrogens is 392 g/mol. The number of methoxy groups -OCH3 is 1. The molecule has 152 valence electrons. The van der Waals surface area contributed by atoms with E-state index >= 15 is 0 Å². The second-order valence-corrected chi connectivity index (χ2v) is 7.73. The van der Waals surface area contributed by atoms with E-state index < -0.39 is 5.97 Å². The van der Waals surface area contributed by atoms with Crippen LogP contribution in [0.5, 0.6) is 0 Å². The molecule has 2 fully saturated rings. The molecule has 4 atom stereocenters. The summed E-state index contributed by atoms with van der Waals surface area (Å²) in [7, 11) is 1.32. The molecule has 2 aliphatic heterocycles. The summed E-state index contributed by atoms with van der Waals surface area (Å²) in [5.41, 5.74) is 2.04. The van der Waals surface area contributed by atoms with Crippen LogP contribution in [0.3, 0.4) is 0 Å². The molecular formula is C21H22N2O5S. The van der Waals surface area contributed by atoms with E-state index in [0.717, 1.165) is 0 Å². The topological polar surface area (TPSA) is 85.9 Å². The van der Waals surface area contributed by atoms with Crippen LogP contribution in [0.15, 0.2) is 47.2 Å². The van der Waals surface area contributed by atoms with Gasteiger partial charge in [0.25, 0.3) is 0 Å². The predicted molar refractivity (Wildman–Crippen MR) is 110 cm³/mol. The van der Waals surface area contributed by atoms with Crippen LogP contribution in [0.1, 0.15) is 15.9 Å². The molecule has 0 spiro atoms. The van der Waals surface area contributed by atoms with Crippen molar-refractivity contribution in [2.75, 3.05) is 25.6 Å². The summed E-state index contributed by atoms with van der Waals surface area (Å²) in [4.78, 5) is 24.0. The van der Waals surface area contributed by atoms with Crippen LogP contribution in [-0.2, 0) is 14.2 Å². The number of carbonyl (C=O) groups is 2. The molecule has 7 nitrogen and oxygen atoms in total. The van der Waals surface area contributed by atoms with Crippen LogP contribution in [0.25, 0.3) is 6.08 Å². The van der Waals surface area contributed by atoms with E-state index in [4.69, 9.17) is 14.2 Å². The maximum absolute atomic E-state index is 12.4. The van der Waals surface area contributed by atoms with Gasteiger partial charge in [-0.2, -0.15) is 11.3 Å². The molecule has 2 saturated heterocycles. The fourth-order valence-electron chi connectivity index (χ4n) is 3.60. The van der Waals surface area contributed by atoms with Crippen molar-refractivity contribution < 1.29 is 23.8 Å². The van der Waals surface area contributed by atoms with E-state index in [1.807, 2.05) is 5.38 Å². The third-order valence-corrected chi connectivity index (χ3v) is 5.73. The third kappa shape index (κ3) is 4.50. The number of hydrogen-bond acceptors (Lipinski definition) is 6. The summed E-state index contributed by atoms with van der Waals surface area (Å²) in [5, 5.41) is 9.78. The van der Waals surface area contributed by atoms with Gasteiger partial charge in [0.1, 0.15) is 6.10 Å². The molecule has 0 unspecified atom stereocenters. The van der Waals surface area contributed by atoms with Crippen LogP contribution in [0.2, 0.25) is 0 Å². The molecule has 2 aliphatic rings. The molecule has 2 N–H and O–H groups in total. The molecule has 29 heavy (non-hydrogen) atoms. The Labute approximate surface area is 172 Å². The number of rotatable bonds is 5. The zero-order valence-corrected chi connectivity index (χ0v) is 16.7. The number of nitrogens with one attached hydrogen (secondary N) is 2. The maximum Gasteiger partial charge on any atom is 0.337 e. The Kier molecular flexibility index (Phi) is 5.94. The molecule has 2 aromatic rings. The quantitative estimate of drug-likeness (QED) is 0.734. The standard InChI is InChI=1S/C21H22N2O5S/c1-26-20(24)14-3-2-4-16(9-14)22-21(25)23-17-11-28-18-15(10-27-19(17)18)6-5-13-7-8-29-12-13/h2-9,12,15,17-19H,10-11H2,1H3,(H2,22,23,25)/b6-5-/t15-,17-,18+,19+/m0/s1. The smallest absolute Gasteiger partial charge is 0.337 e. The van der Waals surface area contributed by atoms with Crippen LogP contribution >= 0.6 is 11.3 Å². The van der Waals surface area contributed by atoms with Gasteiger partial charge in [-0.15, -0.1) is 0 Å². The Bertz CT molecular complexity index is 898. The largest absolute Gasteiger partial charge is 0.465 e. The number of amides is 2. The fraction of sp³-hybridized carbons (Fsp3) is 0.333. The van der Waals surface area contributed by atoms with Crippen molar-refractivity contribution >= 4 is 35.1 Å². The van der Waals surface area contributed by atoms with Crippen molar-refractivity contribution in [3.8, 4) is 0 Å². The minimum Gasteiger partial charge on any atom is -0.465 e. The highest BCUT2D eigenvalue weighted by molar-refractivity contribution is 7.08. The highest BCUT2D eigenvalue weighted by atomic mass is 32.1. The number of hydrogen-bond donors (Lipinski definition) is 2. The lowest BCUT2D eigenvalue weighted by atomic mass is 9.99. The van der Waals surface area contributed by atoms with Gasteiger partial charge in [0.05, 0.1) is 38.0 Å². The van der Waals surface area contributed by atoms with Gasteiger partial charge in [0, 0.05) is 11.6 Å². The van der Waals surface area contributed by atoms with E-state index in [1.165, 1.54) is 12.7 Å². The first kappa shape index (κ1) is 19.6. The van der Waals surface area contributed by atoms with Gasteiger partial charge in [0.2, 0.25) is 0 Å². The van der Waals surface area contributed by atoms with Crippen molar-refractivity contribution in [2.24, 2.45) is 5.92 Å². The number of anilines is 1. The van der Waals surface area contributed by atoms with E-state index in [1.54, 1.807) is 35.6 Å². The van der Waals surface area contributed by atoms with Gasteiger partial charge in [-0.05, 0) is 40.6 Å². The SMILES string of the molecule is COC(=O)c1cccc(NC(=O)N[C@H]2CO[C@H]3[C@@H]2OC[C@@H]3/C=C\c2ccsc2)c1. The average Bonchev–Trinajstić information content (AvgIpc) is 3.45. The number of carbonyl (C=O) groups excluding carboxylic acids is 2.